The largest absolute Gasteiger partial charge is 0.480 e. The highest BCUT2D eigenvalue weighted by atomic mass is 16.4. The SMILES string of the molecule is C#CCN(CC(=O)O)C(=O)C1CCCN(C(C)=O)C1. The van der Waals surface area contributed by atoms with Gasteiger partial charge in [0, 0.05) is 20.0 Å². The second-order valence-electron chi connectivity index (χ2n) is 4.60. The number of piperidine rings is 1. The minimum atomic E-state index is -1.09. The average Bonchev–Trinajstić information content (AvgIpc) is 2.37. The van der Waals surface area contributed by atoms with Crippen LogP contribution in [0.2, 0.25) is 0 Å². The summed E-state index contributed by atoms with van der Waals surface area (Å²) in [5.74, 6) is 0.482. The average molecular weight is 266 g/mol. The van der Waals surface area contributed by atoms with E-state index >= 15 is 0 Å². The van der Waals surface area contributed by atoms with Crippen LogP contribution in [0.4, 0.5) is 0 Å². The molecule has 1 rings (SSSR count). The van der Waals surface area contributed by atoms with Crippen molar-refractivity contribution in [2.75, 3.05) is 26.2 Å². The first-order valence-corrected chi connectivity index (χ1v) is 6.15. The van der Waals surface area contributed by atoms with Crippen molar-refractivity contribution in [1.82, 2.24) is 9.80 Å². The van der Waals surface area contributed by atoms with Gasteiger partial charge >= 0.3 is 5.97 Å². The van der Waals surface area contributed by atoms with Gasteiger partial charge in [-0.1, -0.05) is 5.92 Å². The number of aliphatic carboxylic acids is 1. The Hall–Kier alpha value is -2.03. The molecule has 1 aliphatic heterocycles. The molecule has 0 aromatic rings. The minimum Gasteiger partial charge on any atom is -0.480 e. The summed E-state index contributed by atoms with van der Waals surface area (Å²) in [7, 11) is 0. The summed E-state index contributed by atoms with van der Waals surface area (Å²) >= 11 is 0. The fourth-order valence-electron chi connectivity index (χ4n) is 2.21. The van der Waals surface area contributed by atoms with Crippen LogP contribution in [-0.2, 0) is 14.4 Å². The normalized spacial score (nSPS) is 18.5. The smallest absolute Gasteiger partial charge is 0.323 e. The molecular weight excluding hydrogens is 248 g/mol. The van der Waals surface area contributed by atoms with Gasteiger partial charge in [0.05, 0.1) is 12.5 Å². The number of carbonyl (C=O) groups excluding carboxylic acids is 2. The summed E-state index contributed by atoms with van der Waals surface area (Å²) in [6.45, 7) is 2.02. The highest BCUT2D eigenvalue weighted by Gasteiger charge is 2.30. The van der Waals surface area contributed by atoms with Gasteiger partial charge in [-0.05, 0) is 12.8 Å². The maximum absolute atomic E-state index is 12.2. The number of carbonyl (C=O) groups is 3. The number of nitrogens with zero attached hydrogens (tertiary/aromatic N) is 2. The summed E-state index contributed by atoms with van der Waals surface area (Å²) in [4.78, 5) is 37.0. The van der Waals surface area contributed by atoms with Crippen LogP contribution in [0.5, 0.6) is 0 Å². The molecule has 104 valence electrons. The number of hydrogen-bond acceptors (Lipinski definition) is 3. The molecular formula is C13H18N2O4. The van der Waals surface area contributed by atoms with Gasteiger partial charge in [-0.15, -0.1) is 6.42 Å². The van der Waals surface area contributed by atoms with E-state index in [1.165, 1.54) is 6.92 Å². The zero-order chi connectivity index (χ0) is 14.4. The Morgan fingerprint density at radius 2 is 2.16 bits per heavy atom. The number of carboxylic acid groups (broad SMARTS) is 1. The van der Waals surface area contributed by atoms with E-state index in [2.05, 4.69) is 5.92 Å². The first-order chi connectivity index (χ1) is 8.95. The van der Waals surface area contributed by atoms with Crippen molar-refractivity contribution in [3.05, 3.63) is 0 Å². The fraction of sp³-hybridized carbons (Fsp3) is 0.615. The molecule has 1 fully saturated rings. The van der Waals surface area contributed by atoms with Crippen LogP contribution in [0.3, 0.4) is 0 Å². The molecule has 0 aliphatic carbocycles. The third-order valence-electron chi connectivity index (χ3n) is 3.14. The lowest BCUT2D eigenvalue weighted by atomic mass is 9.96. The number of likely N-dealkylation sites (tertiary alicyclic amines) is 1. The highest BCUT2D eigenvalue weighted by molar-refractivity contribution is 5.84. The van der Waals surface area contributed by atoms with E-state index in [4.69, 9.17) is 11.5 Å². The van der Waals surface area contributed by atoms with E-state index in [-0.39, 0.29) is 24.3 Å². The molecule has 0 spiro atoms. The van der Waals surface area contributed by atoms with Gasteiger partial charge in [-0.25, -0.2) is 0 Å². The lowest BCUT2D eigenvalue weighted by Crippen LogP contribution is -2.47. The van der Waals surface area contributed by atoms with Gasteiger partial charge < -0.3 is 14.9 Å². The molecule has 0 saturated carbocycles. The van der Waals surface area contributed by atoms with E-state index < -0.39 is 12.5 Å². The molecule has 1 saturated heterocycles. The molecule has 1 N–H and O–H groups in total. The Kier molecular flexibility index (Phi) is 5.37. The molecule has 1 atom stereocenters. The van der Waals surface area contributed by atoms with Gasteiger partial charge in [0.25, 0.3) is 0 Å². The van der Waals surface area contributed by atoms with Gasteiger partial charge in [0.2, 0.25) is 11.8 Å². The standard InChI is InChI=1S/C13H18N2O4/c1-3-6-15(9-12(17)18)13(19)11-5-4-7-14(8-11)10(2)16/h1,11H,4-9H2,2H3,(H,17,18). The van der Waals surface area contributed by atoms with Crippen LogP contribution in [0.25, 0.3) is 0 Å². The highest BCUT2D eigenvalue weighted by Crippen LogP contribution is 2.18. The van der Waals surface area contributed by atoms with Crippen LogP contribution in [-0.4, -0.2) is 58.9 Å². The van der Waals surface area contributed by atoms with Crippen molar-refractivity contribution in [3.63, 3.8) is 0 Å². The number of terminal acetylenes is 1. The van der Waals surface area contributed by atoms with Crippen LogP contribution < -0.4 is 0 Å². The van der Waals surface area contributed by atoms with E-state index in [1.807, 2.05) is 0 Å². The van der Waals surface area contributed by atoms with E-state index in [9.17, 15) is 14.4 Å². The van der Waals surface area contributed by atoms with E-state index in [0.717, 1.165) is 11.3 Å². The maximum atomic E-state index is 12.2. The molecule has 1 unspecified atom stereocenters. The third-order valence-corrected chi connectivity index (χ3v) is 3.14. The lowest BCUT2D eigenvalue weighted by Gasteiger charge is -2.33. The zero-order valence-electron chi connectivity index (χ0n) is 11.0. The first-order valence-electron chi connectivity index (χ1n) is 6.15. The molecule has 6 nitrogen and oxygen atoms in total. The van der Waals surface area contributed by atoms with Crippen LogP contribution in [0.15, 0.2) is 0 Å². The summed E-state index contributed by atoms with van der Waals surface area (Å²) < 4.78 is 0. The Bertz CT molecular complexity index is 413. The summed E-state index contributed by atoms with van der Waals surface area (Å²) in [6.07, 6.45) is 6.55. The van der Waals surface area contributed by atoms with Gasteiger partial charge in [0.15, 0.2) is 0 Å². The Balaban J connectivity index is 2.70. The van der Waals surface area contributed by atoms with Crippen LogP contribution in [0.1, 0.15) is 19.8 Å². The van der Waals surface area contributed by atoms with Crippen molar-refractivity contribution in [1.29, 1.82) is 0 Å². The van der Waals surface area contributed by atoms with Gasteiger partial charge in [-0.2, -0.15) is 0 Å². The molecule has 1 aliphatic rings. The monoisotopic (exact) mass is 266 g/mol. The number of amides is 2. The Labute approximate surface area is 112 Å². The van der Waals surface area contributed by atoms with Crippen LogP contribution >= 0.6 is 0 Å². The van der Waals surface area contributed by atoms with Crippen molar-refractivity contribution in [2.24, 2.45) is 5.92 Å². The second kappa shape index (κ2) is 6.78. The molecule has 0 radical (unpaired) electrons. The second-order valence-corrected chi connectivity index (χ2v) is 4.60. The summed E-state index contributed by atoms with van der Waals surface area (Å²) in [5.41, 5.74) is 0. The predicted octanol–water partition coefficient (Wildman–Crippen LogP) is -0.209. The van der Waals surface area contributed by atoms with Crippen molar-refractivity contribution >= 4 is 17.8 Å². The molecule has 1 heterocycles. The lowest BCUT2D eigenvalue weighted by molar-refractivity contribution is -0.147. The zero-order valence-corrected chi connectivity index (χ0v) is 11.0. The number of carboxylic acids is 1. The van der Waals surface area contributed by atoms with Gasteiger partial charge in [0.1, 0.15) is 6.54 Å². The quantitative estimate of drug-likeness (QED) is 0.714. The Morgan fingerprint density at radius 1 is 1.47 bits per heavy atom. The molecule has 0 bridgehead atoms. The number of rotatable bonds is 4. The molecule has 19 heavy (non-hydrogen) atoms. The van der Waals surface area contributed by atoms with E-state index in [1.54, 1.807) is 4.90 Å². The van der Waals surface area contributed by atoms with E-state index in [0.29, 0.717) is 19.5 Å². The minimum absolute atomic E-state index is 0.0261. The maximum Gasteiger partial charge on any atom is 0.323 e. The molecule has 0 aromatic carbocycles. The predicted molar refractivity (Wildman–Crippen MR) is 68.0 cm³/mol. The van der Waals surface area contributed by atoms with Crippen molar-refractivity contribution in [2.45, 2.75) is 19.8 Å². The molecule has 6 heteroatoms. The third kappa shape index (κ3) is 4.28. The van der Waals surface area contributed by atoms with Crippen molar-refractivity contribution in [3.8, 4) is 12.3 Å². The molecule has 2 amide bonds. The Morgan fingerprint density at radius 3 is 2.68 bits per heavy atom. The first kappa shape index (κ1) is 15.0. The topological polar surface area (TPSA) is 77.9 Å². The summed E-state index contributed by atoms with van der Waals surface area (Å²) in [6, 6.07) is 0. The van der Waals surface area contributed by atoms with Crippen molar-refractivity contribution < 1.29 is 19.5 Å². The fourth-order valence-corrected chi connectivity index (χ4v) is 2.21. The summed E-state index contributed by atoms with van der Waals surface area (Å²) in [5, 5.41) is 8.77. The molecule has 0 aromatic heterocycles. The van der Waals surface area contributed by atoms with Crippen LogP contribution in [0, 0.1) is 18.3 Å². The van der Waals surface area contributed by atoms with Gasteiger partial charge in [-0.3, -0.25) is 14.4 Å². The number of hydrogen-bond donors (Lipinski definition) is 1.